The predicted octanol–water partition coefficient (Wildman–Crippen LogP) is 18.6. The number of thiophene rings is 2. The Balaban J connectivity index is 1.39. The summed E-state index contributed by atoms with van der Waals surface area (Å²) in [5.41, 5.74) is 11.2. The Morgan fingerprint density at radius 1 is 0.535 bits per heavy atom. The molecule has 1 aromatic carbocycles. The lowest BCUT2D eigenvalue weighted by Crippen LogP contribution is -2.34. The van der Waals surface area contributed by atoms with Gasteiger partial charge in [-0.1, -0.05) is 172 Å². The molecule has 2 aliphatic rings. The SMILES string of the molecule is CCCCCCc1c(N)c2cc(C(C)(C)C)sc2c2sc(-c3ccc(C4=C5C(=O)N(CC(CCCC)CCCCCC)C(c6ccc(C(C)(C)C)o6)=C5C(=O)N4CC(CCCC)CCCCCC)o3)cc12. The maximum Gasteiger partial charge on any atom is 0.261 e. The van der Waals surface area contributed by atoms with Crippen molar-refractivity contribution in [1.29, 1.82) is 0 Å². The molecule has 71 heavy (non-hydrogen) atoms. The van der Waals surface area contributed by atoms with Crippen LogP contribution in [0.2, 0.25) is 0 Å². The number of rotatable bonds is 28. The van der Waals surface area contributed by atoms with Crippen molar-refractivity contribution >= 4 is 71.7 Å². The summed E-state index contributed by atoms with van der Waals surface area (Å²) in [6.07, 6.45) is 23.7. The highest BCUT2D eigenvalue weighted by Crippen LogP contribution is 2.51. The van der Waals surface area contributed by atoms with Gasteiger partial charge in [0.2, 0.25) is 0 Å². The summed E-state index contributed by atoms with van der Waals surface area (Å²) in [5.74, 6) is 3.11. The highest BCUT2D eigenvalue weighted by Gasteiger charge is 2.51. The number of amides is 2. The second kappa shape index (κ2) is 24.3. The molecule has 9 heteroatoms. The van der Waals surface area contributed by atoms with E-state index in [1.54, 1.807) is 11.3 Å². The molecule has 0 aliphatic carbocycles. The number of aryl methyl sites for hydroxylation is 1. The fraction of sp³-hybridized carbons (Fsp3) is 0.613. The van der Waals surface area contributed by atoms with Crippen LogP contribution in [0, 0.1) is 11.8 Å². The van der Waals surface area contributed by atoms with Crippen molar-refractivity contribution in [3.8, 4) is 10.6 Å². The summed E-state index contributed by atoms with van der Waals surface area (Å²) in [7, 11) is 0. The molecule has 7 rings (SSSR count). The van der Waals surface area contributed by atoms with E-state index in [1.165, 1.54) is 83.0 Å². The molecule has 2 unspecified atom stereocenters. The van der Waals surface area contributed by atoms with Crippen LogP contribution in [0.5, 0.6) is 0 Å². The lowest BCUT2D eigenvalue weighted by molar-refractivity contribution is -0.124. The van der Waals surface area contributed by atoms with Crippen LogP contribution in [-0.2, 0) is 26.8 Å². The smallest absolute Gasteiger partial charge is 0.261 e. The van der Waals surface area contributed by atoms with Gasteiger partial charge in [-0.25, -0.2) is 0 Å². The van der Waals surface area contributed by atoms with Crippen LogP contribution in [0.25, 0.3) is 42.2 Å². The average Bonchev–Trinajstić information content (AvgIpc) is 4.20. The van der Waals surface area contributed by atoms with Gasteiger partial charge >= 0.3 is 0 Å². The third kappa shape index (κ3) is 12.3. The van der Waals surface area contributed by atoms with E-state index in [2.05, 4.69) is 94.4 Å². The third-order valence-corrected chi connectivity index (χ3v) is 18.1. The van der Waals surface area contributed by atoms with E-state index in [4.69, 9.17) is 14.6 Å². The molecular weight excluding hydrogens is 915 g/mol. The zero-order valence-corrected chi connectivity index (χ0v) is 47.4. The number of nitrogen functional groups attached to an aromatic ring is 1. The lowest BCUT2D eigenvalue weighted by atomic mass is 9.93. The Morgan fingerprint density at radius 2 is 1.01 bits per heavy atom. The fourth-order valence-electron chi connectivity index (χ4n) is 10.9. The minimum absolute atomic E-state index is 0.00155. The van der Waals surface area contributed by atoms with Crippen LogP contribution >= 0.6 is 22.7 Å². The van der Waals surface area contributed by atoms with Crippen molar-refractivity contribution in [1.82, 2.24) is 9.80 Å². The molecule has 2 amide bonds. The van der Waals surface area contributed by atoms with Crippen LogP contribution in [0.15, 0.2) is 56.4 Å². The maximum absolute atomic E-state index is 15.7. The first-order valence-electron chi connectivity index (χ1n) is 28.2. The number of nitrogens with two attached hydrogens (primary N) is 1. The monoisotopic (exact) mass is 1000 g/mol. The van der Waals surface area contributed by atoms with Crippen LogP contribution in [-0.4, -0.2) is 34.7 Å². The molecule has 6 heterocycles. The first-order chi connectivity index (χ1) is 34.1. The van der Waals surface area contributed by atoms with Crippen molar-refractivity contribution in [2.24, 2.45) is 11.8 Å². The lowest BCUT2D eigenvalue weighted by Gasteiger charge is -2.29. The molecule has 0 saturated carbocycles. The molecule has 2 aliphatic heterocycles. The first-order valence-corrected chi connectivity index (χ1v) is 29.8. The van der Waals surface area contributed by atoms with Crippen LogP contribution in [0.3, 0.4) is 0 Å². The topological polar surface area (TPSA) is 92.9 Å². The second-order valence-electron chi connectivity index (χ2n) is 23.2. The molecule has 4 aromatic heterocycles. The van der Waals surface area contributed by atoms with E-state index in [9.17, 15) is 0 Å². The Morgan fingerprint density at radius 3 is 1.52 bits per heavy atom. The van der Waals surface area contributed by atoms with E-state index in [1.807, 2.05) is 39.3 Å². The van der Waals surface area contributed by atoms with Crippen LogP contribution in [0.1, 0.15) is 232 Å². The minimum Gasteiger partial charge on any atom is -0.459 e. The molecule has 5 aromatic rings. The van der Waals surface area contributed by atoms with E-state index in [0.29, 0.717) is 59.0 Å². The minimum atomic E-state index is -0.247. The Labute approximate surface area is 436 Å². The Kier molecular flexibility index (Phi) is 18.7. The highest BCUT2D eigenvalue weighted by molar-refractivity contribution is 7.29. The zero-order chi connectivity index (χ0) is 51.0. The van der Waals surface area contributed by atoms with Crippen molar-refractivity contribution in [2.45, 2.75) is 222 Å². The fourth-order valence-corrected chi connectivity index (χ4v) is 13.5. The van der Waals surface area contributed by atoms with Gasteiger partial charge in [-0.3, -0.25) is 9.59 Å². The van der Waals surface area contributed by atoms with Gasteiger partial charge in [-0.15, -0.1) is 22.7 Å². The zero-order valence-electron chi connectivity index (χ0n) is 45.8. The number of fused-ring (bicyclic) bond motifs is 4. The van der Waals surface area contributed by atoms with E-state index in [0.717, 1.165) is 105 Å². The molecule has 0 spiro atoms. The maximum atomic E-state index is 15.7. The van der Waals surface area contributed by atoms with Gasteiger partial charge in [0.15, 0.2) is 11.5 Å². The number of carbonyl (C=O) groups is 2. The predicted molar refractivity (Wildman–Crippen MR) is 304 cm³/mol. The van der Waals surface area contributed by atoms with E-state index >= 15 is 9.59 Å². The third-order valence-electron chi connectivity index (χ3n) is 15.2. The normalized spacial score (nSPS) is 15.5. The summed E-state index contributed by atoms with van der Waals surface area (Å²) in [5, 5.41) is 2.37. The number of anilines is 1. The molecule has 7 nitrogen and oxygen atoms in total. The van der Waals surface area contributed by atoms with Crippen molar-refractivity contribution in [3.63, 3.8) is 0 Å². The quantitative estimate of drug-likeness (QED) is 0.0398. The van der Waals surface area contributed by atoms with Gasteiger partial charge in [0, 0.05) is 34.5 Å². The van der Waals surface area contributed by atoms with Gasteiger partial charge < -0.3 is 24.4 Å². The molecular formula is C62H89N3O4S2. The number of nitrogens with zero attached hydrogens (tertiary/aromatic N) is 2. The van der Waals surface area contributed by atoms with Crippen LogP contribution in [0.4, 0.5) is 5.69 Å². The summed E-state index contributed by atoms with van der Waals surface area (Å²) < 4.78 is 16.3. The van der Waals surface area contributed by atoms with E-state index < -0.39 is 0 Å². The largest absolute Gasteiger partial charge is 0.459 e. The Hall–Kier alpha value is -4.08. The van der Waals surface area contributed by atoms with Crippen molar-refractivity contribution in [3.05, 3.63) is 75.3 Å². The van der Waals surface area contributed by atoms with Gasteiger partial charge in [0.1, 0.15) is 22.9 Å². The molecule has 0 fully saturated rings. The number of carbonyl (C=O) groups excluding carboxylic acids is 2. The van der Waals surface area contributed by atoms with Gasteiger partial charge in [-0.2, -0.15) is 0 Å². The second-order valence-corrected chi connectivity index (χ2v) is 25.3. The summed E-state index contributed by atoms with van der Waals surface area (Å²) in [6, 6.07) is 12.7. The average molecular weight is 1000 g/mol. The van der Waals surface area contributed by atoms with Crippen molar-refractivity contribution < 1.29 is 18.4 Å². The molecule has 2 atom stereocenters. The molecule has 2 N–H and O–H groups in total. The number of benzene rings is 1. The highest BCUT2D eigenvalue weighted by atomic mass is 32.1. The summed E-state index contributed by atoms with van der Waals surface area (Å²) in [4.78, 5) is 37.6. The van der Waals surface area contributed by atoms with Crippen LogP contribution < -0.4 is 5.73 Å². The molecule has 0 radical (unpaired) electrons. The van der Waals surface area contributed by atoms with Gasteiger partial charge in [0.05, 0.1) is 25.4 Å². The molecule has 0 saturated heterocycles. The van der Waals surface area contributed by atoms with Gasteiger partial charge in [-0.05, 0) is 103 Å². The van der Waals surface area contributed by atoms with Crippen molar-refractivity contribution in [2.75, 3.05) is 18.8 Å². The molecule has 388 valence electrons. The molecule has 0 bridgehead atoms. The standard InChI is InChI=1S/C62H89N3O4S2/c1-12-17-22-25-30-41(28-20-15-4)39-64-55(47-34-33-46(68-47)49-37-44-43(32-27-24-19-14-3)54(63)45-38-51(62(9,10)11)71-58(45)57(44)70-49)52-53(60(64)67)56(48-35-36-50(69-48)61(6,7)8)65(59(52)66)40-42(29-21-16-5)31-26-23-18-13-2/h33-38,41-42H,12-32,39-40,63H2,1-11H3. The Bertz CT molecular complexity index is 2650. The number of unbranched alkanes of at least 4 members (excludes halogenated alkanes) is 11. The summed E-state index contributed by atoms with van der Waals surface area (Å²) >= 11 is 3.63. The number of furan rings is 2. The van der Waals surface area contributed by atoms with Gasteiger partial charge in [0.25, 0.3) is 11.8 Å². The number of hydrogen-bond acceptors (Lipinski definition) is 7. The number of hydrogen-bond donors (Lipinski definition) is 1. The summed E-state index contributed by atoms with van der Waals surface area (Å²) in [6.45, 7) is 25.6. The van der Waals surface area contributed by atoms with E-state index in [-0.39, 0.29) is 22.6 Å². The first kappa shape index (κ1) is 54.7.